The summed E-state index contributed by atoms with van der Waals surface area (Å²) in [6.45, 7) is 1.52. The van der Waals surface area contributed by atoms with Gasteiger partial charge in [0.25, 0.3) is 0 Å². The van der Waals surface area contributed by atoms with Crippen molar-refractivity contribution in [1.82, 2.24) is 0 Å². The first-order chi connectivity index (χ1) is 20.1. The van der Waals surface area contributed by atoms with Gasteiger partial charge in [0.05, 0.1) is 13.2 Å². The van der Waals surface area contributed by atoms with Crippen molar-refractivity contribution in [2.45, 2.75) is 90.2 Å². The molecule has 0 aromatic rings. The molecule has 0 aromatic carbocycles. The van der Waals surface area contributed by atoms with Gasteiger partial charge in [0.15, 0.2) is 6.10 Å². The SMILES string of the molecule is CC/C=C\C/C=C\C/C=C\C/C=C\C/C=C\CCCCCC(=O)OC(COC(C)=O)COP(=O)(O)OCC(N)C(=O)O. The lowest BCUT2D eigenvalue weighted by Crippen LogP contribution is -2.34. The molecule has 3 unspecified atom stereocenters. The summed E-state index contributed by atoms with van der Waals surface area (Å²) in [5, 5.41) is 8.71. The number of carbonyl (C=O) groups excluding carboxylic acids is 2. The Labute approximate surface area is 249 Å². The third-order valence-corrected chi connectivity index (χ3v) is 6.29. The minimum absolute atomic E-state index is 0.114. The number of carbonyl (C=O) groups is 3. The highest BCUT2D eigenvalue weighted by Gasteiger charge is 2.27. The van der Waals surface area contributed by atoms with Crippen LogP contribution in [0.15, 0.2) is 60.8 Å². The van der Waals surface area contributed by atoms with Gasteiger partial charge in [0.1, 0.15) is 12.6 Å². The number of phosphoric acid groups is 1. The number of ether oxygens (including phenoxy) is 2. The average Bonchev–Trinajstić information content (AvgIpc) is 2.94. The normalized spacial score (nSPS) is 15.1. The summed E-state index contributed by atoms with van der Waals surface area (Å²) in [7, 11) is -4.68. The monoisotopic (exact) mass is 613 g/mol. The highest BCUT2D eigenvalue weighted by molar-refractivity contribution is 7.47. The maximum Gasteiger partial charge on any atom is 0.472 e. The molecule has 0 aliphatic rings. The molecule has 0 amide bonds. The molecule has 0 rings (SSSR count). The number of phosphoric ester groups is 1. The maximum atomic E-state index is 12.2. The van der Waals surface area contributed by atoms with E-state index in [2.05, 4.69) is 72.2 Å². The molecule has 12 heteroatoms. The van der Waals surface area contributed by atoms with Gasteiger partial charge in [0, 0.05) is 13.3 Å². The molecule has 0 spiro atoms. The number of aliphatic carboxylic acids is 1. The van der Waals surface area contributed by atoms with E-state index in [1.54, 1.807) is 0 Å². The first-order valence-electron chi connectivity index (χ1n) is 14.3. The lowest BCUT2D eigenvalue weighted by Gasteiger charge is -2.20. The van der Waals surface area contributed by atoms with Crippen LogP contribution in [0.4, 0.5) is 0 Å². The summed E-state index contributed by atoms with van der Waals surface area (Å²) in [6.07, 6.45) is 28.4. The van der Waals surface area contributed by atoms with Crippen molar-refractivity contribution in [1.29, 1.82) is 0 Å². The number of hydrogen-bond acceptors (Lipinski definition) is 9. The van der Waals surface area contributed by atoms with Crippen molar-refractivity contribution >= 4 is 25.7 Å². The number of esters is 2. The molecule has 0 radical (unpaired) electrons. The highest BCUT2D eigenvalue weighted by atomic mass is 31.2. The Morgan fingerprint density at radius 2 is 1.31 bits per heavy atom. The second kappa shape index (κ2) is 25.9. The summed E-state index contributed by atoms with van der Waals surface area (Å²) in [5.41, 5.74) is 5.22. The molecule has 0 saturated carbocycles. The van der Waals surface area contributed by atoms with Gasteiger partial charge in [-0.3, -0.25) is 23.4 Å². The van der Waals surface area contributed by atoms with Crippen LogP contribution in [0.2, 0.25) is 0 Å². The molecule has 0 fully saturated rings. The van der Waals surface area contributed by atoms with Crippen molar-refractivity contribution in [2.24, 2.45) is 5.73 Å². The summed E-state index contributed by atoms with van der Waals surface area (Å²) in [6, 6.07) is -1.52. The van der Waals surface area contributed by atoms with Crippen molar-refractivity contribution in [3.8, 4) is 0 Å². The van der Waals surface area contributed by atoms with E-state index in [-0.39, 0.29) is 13.0 Å². The maximum absolute atomic E-state index is 12.2. The first-order valence-corrected chi connectivity index (χ1v) is 15.7. The van der Waals surface area contributed by atoms with Gasteiger partial charge in [0.2, 0.25) is 0 Å². The molecule has 0 bridgehead atoms. The molecule has 0 aromatic heterocycles. The Kier molecular flexibility index (Phi) is 24.1. The summed E-state index contributed by atoms with van der Waals surface area (Å²) in [4.78, 5) is 43.7. The zero-order valence-electron chi connectivity index (χ0n) is 24.8. The minimum Gasteiger partial charge on any atom is -0.480 e. The van der Waals surface area contributed by atoms with Crippen molar-refractivity contribution in [3.05, 3.63) is 60.8 Å². The second-order valence-corrected chi connectivity index (χ2v) is 10.7. The molecule has 0 saturated heterocycles. The van der Waals surface area contributed by atoms with E-state index < -0.39 is 51.1 Å². The molecule has 0 aliphatic carbocycles. The van der Waals surface area contributed by atoms with Crippen molar-refractivity contribution < 1.29 is 47.5 Å². The lowest BCUT2D eigenvalue weighted by molar-refractivity contribution is -0.160. The van der Waals surface area contributed by atoms with E-state index in [0.29, 0.717) is 6.42 Å². The Hall–Kier alpha value is -2.82. The number of hydrogen-bond donors (Lipinski definition) is 3. The van der Waals surface area contributed by atoms with Gasteiger partial charge in [-0.25, -0.2) is 4.57 Å². The van der Waals surface area contributed by atoms with E-state index in [9.17, 15) is 23.8 Å². The van der Waals surface area contributed by atoms with Crippen LogP contribution in [-0.2, 0) is 37.5 Å². The van der Waals surface area contributed by atoms with Crippen molar-refractivity contribution in [3.63, 3.8) is 0 Å². The fraction of sp³-hybridized carbons (Fsp3) is 0.567. The average molecular weight is 614 g/mol. The van der Waals surface area contributed by atoms with E-state index in [1.165, 1.54) is 0 Å². The highest BCUT2D eigenvalue weighted by Crippen LogP contribution is 2.43. The van der Waals surface area contributed by atoms with Gasteiger partial charge in [-0.2, -0.15) is 0 Å². The van der Waals surface area contributed by atoms with Crippen LogP contribution in [0.25, 0.3) is 0 Å². The zero-order valence-corrected chi connectivity index (χ0v) is 25.7. The fourth-order valence-corrected chi connectivity index (χ4v) is 3.89. The van der Waals surface area contributed by atoms with Gasteiger partial charge < -0.3 is 25.2 Å². The standard InChI is InChI=1S/C30H48NO10P/c1-3-4-5-6-7-8-9-10-11-12-13-14-15-16-17-18-19-20-21-22-29(33)41-27(23-38-26(2)32)24-39-42(36,37)40-25-28(31)30(34)35/h4-5,7-8,10-11,13-14,16-17,27-28H,3,6,9,12,15,18-25,31H2,1-2H3,(H,34,35)(H,36,37)/b5-4-,8-7-,11-10-,14-13-,17-16-. The quantitative estimate of drug-likeness (QED) is 0.0498. The molecule has 11 nitrogen and oxygen atoms in total. The van der Waals surface area contributed by atoms with Crippen LogP contribution >= 0.6 is 7.82 Å². The van der Waals surface area contributed by atoms with Gasteiger partial charge in [-0.1, -0.05) is 74.1 Å². The zero-order chi connectivity index (χ0) is 31.5. The van der Waals surface area contributed by atoms with Gasteiger partial charge in [-0.05, 0) is 51.4 Å². The lowest BCUT2D eigenvalue weighted by atomic mass is 10.1. The summed E-state index contributed by atoms with van der Waals surface area (Å²) < 4.78 is 31.2. The molecular formula is C30H48NO10P. The molecule has 42 heavy (non-hydrogen) atoms. The van der Waals surface area contributed by atoms with Crippen molar-refractivity contribution in [2.75, 3.05) is 19.8 Å². The van der Waals surface area contributed by atoms with Crippen LogP contribution < -0.4 is 5.73 Å². The Morgan fingerprint density at radius 1 is 0.786 bits per heavy atom. The van der Waals surface area contributed by atoms with Crippen LogP contribution in [-0.4, -0.2) is 59.9 Å². The predicted molar refractivity (Wildman–Crippen MR) is 161 cm³/mol. The fourth-order valence-electron chi connectivity index (χ4n) is 3.11. The van der Waals surface area contributed by atoms with Crippen LogP contribution in [0, 0.1) is 0 Å². The smallest absolute Gasteiger partial charge is 0.472 e. The number of carboxylic acids is 1. The van der Waals surface area contributed by atoms with E-state index in [1.807, 2.05) is 0 Å². The number of unbranched alkanes of at least 4 members (excludes halogenated alkanes) is 3. The summed E-state index contributed by atoms with van der Waals surface area (Å²) >= 11 is 0. The van der Waals surface area contributed by atoms with Crippen LogP contribution in [0.5, 0.6) is 0 Å². The Morgan fingerprint density at radius 3 is 1.83 bits per heavy atom. The van der Waals surface area contributed by atoms with Gasteiger partial charge >= 0.3 is 25.7 Å². The number of rotatable bonds is 25. The van der Waals surface area contributed by atoms with E-state index in [4.69, 9.17) is 24.8 Å². The Bertz CT molecular complexity index is 958. The third kappa shape index (κ3) is 26.1. The predicted octanol–water partition coefficient (Wildman–Crippen LogP) is 5.71. The number of carboxylic acid groups (broad SMARTS) is 1. The van der Waals surface area contributed by atoms with Gasteiger partial charge in [-0.15, -0.1) is 0 Å². The molecule has 238 valence electrons. The molecule has 0 aliphatic heterocycles. The molecule has 3 atom stereocenters. The number of allylic oxidation sites excluding steroid dienone is 10. The molecule has 0 heterocycles. The largest absolute Gasteiger partial charge is 0.480 e. The Balaban J connectivity index is 4.14. The topological polar surface area (TPSA) is 172 Å². The summed E-state index contributed by atoms with van der Waals surface area (Å²) in [5.74, 6) is -2.64. The number of nitrogens with two attached hydrogens (primary N) is 1. The minimum atomic E-state index is -4.68. The van der Waals surface area contributed by atoms with E-state index in [0.717, 1.165) is 58.3 Å². The molecular weight excluding hydrogens is 565 g/mol. The second-order valence-electron chi connectivity index (χ2n) is 9.23. The van der Waals surface area contributed by atoms with E-state index >= 15 is 0 Å². The molecule has 4 N–H and O–H groups in total. The van der Waals surface area contributed by atoms with Crippen LogP contribution in [0.1, 0.15) is 78.1 Å². The van der Waals surface area contributed by atoms with Crippen LogP contribution in [0.3, 0.4) is 0 Å². The third-order valence-electron chi connectivity index (χ3n) is 5.34. The first kappa shape index (κ1) is 39.2.